The van der Waals surface area contributed by atoms with Gasteiger partial charge >= 0.3 is 16.2 Å². The van der Waals surface area contributed by atoms with Gasteiger partial charge in [0.1, 0.15) is 0 Å². The molecule has 1 aliphatic rings. The first-order valence-electron chi connectivity index (χ1n) is 6.46. The highest BCUT2D eigenvalue weighted by atomic mass is 32.2. The Labute approximate surface area is 117 Å². The molecule has 1 aliphatic heterocycles. The van der Waals surface area contributed by atoms with Gasteiger partial charge in [0.15, 0.2) is 0 Å². The topological polar surface area (TPSA) is 104 Å². The summed E-state index contributed by atoms with van der Waals surface area (Å²) in [5, 5.41) is 6.21. The average Bonchev–Trinajstić information content (AvgIpc) is 2.91. The van der Waals surface area contributed by atoms with Crippen molar-refractivity contribution >= 4 is 21.9 Å². The lowest BCUT2D eigenvalue weighted by molar-refractivity contribution is -0.149. The van der Waals surface area contributed by atoms with Crippen molar-refractivity contribution in [2.45, 2.75) is 19.8 Å². The minimum absolute atomic E-state index is 0.213. The summed E-state index contributed by atoms with van der Waals surface area (Å²) in [6, 6.07) is 0. The quantitative estimate of drug-likeness (QED) is 0.763. The van der Waals surface area contributed by atoms with Crippen LogP contribution < -0.4 is 4.72 Å². The number of piperidine rings is 1. The molecule has 8 nitrogen and oxygen atoms in total. The maximum absolute atomic E-state index is 12.1. The van der Waals surface area contributed by atoms with E-state index >= 15 is 0 Å². The number of hydrogen-bond donors (Lipinski definition) is 2. The molecule has 0 bridgehead atoms. The third-order valence-corrected chi connectivity index (χ3v) is 4.70. The van der Waals surface area contributed by atoms with Crippen molar-refractivity contribution in [2.75, 3.05) is 24.4 Å². The number of esters is 1. The van der Waals surface area contributed by atoms with Crippen molar-refractivity contribution in [1.82, 2.24) is 14.5 Å². The number of carbonyl (C=O) groups is 1. The van der Waals surface area contributed by atoms with Crippen LogP contribution in [0.2, 0.25) is 0 Å². The van der Waals surface area contributed by atoms with Gasteiger partial charge in [-0.2, -0.15) is 17.8 Å². The zero-order valence-corrected chi connectivity index (χ0v) is 12.0. The molecule has 0 atom stereocenters. The molecule has 2 heterocycles. The number of aromatic nitrogens is 2. The molecule has 1 fully saturated rings. The molecule has 0 unspecified atom stereocenters. The van der Waals surface area contributed by atoms with E-state index < -0.39 is 10.2 Å². The van der Waals surface area contributed by atoms with Crippen LogP contribution in [0.3, 0.4) is 0 Å². The first kappa shape index (κ1) is 14.8. The summed E-state index contributed by atoms with van der Waals surface area (Å²) in [4.78, 5) is 11.6. The summed E-state index contributed by atoms with van der Waals surface area (Å²) < 4.78 is 32.9. The van der Waals surface area contributed by atoms with E-state index in [0.29, 0.717) is 38.2 Å². The molecule has 20 heavy (non-hydrogen) atoms. The van der Waals surface area contributed by atoms with Crippen molar-refractivity contribution in [1.29, 1.82) is 0 Å². The third kappa shape index (κ3) is 3.48. The Morgan fingerprint density at radius 2 is 2.25 bits per heavy atom. The predicted octanol–water partition coefficient (Wildman–Crippen LogP) is 0.341. The summed E-state index contributed by atoms with van der Waals surface area (Å²) in [7, 11) is -3.60. The van der Waals surface area contributed by atoms with E-state index in [1.54, 1.807) is 6.92 Å². The van der Waals surface area contributed by atoms with Gasteiger partial charge in [0.25, 0.3) is 0 Å². The molecular formula is C11H18N4O4S. The molecule has 1 saturated heterocycles. The van der Waals surface area contributed by atoms with Gasteiger partial charge in [-0.15, -0.1) is 0 Å². The molecule has 2 N–H and O–H groups in total. The second kappa shape index (κ2) is 6.23. The van der Waals surface area contributed by atoms with E-state index in [2.05, 4.69) is 14.9 Å². The minimum Gasteiger partial charge on any atom is -0.466 e. The number of hydrogen-bond acceptors (Lipinski definition) is 5. The molecule has 0 spiro atoms. The number of ether oxygens (including phenoxy) is 1. The Morgan fingerprint density at radius 3 is 2.80 bits per heavy atom. The number of nitrogens with one attached hydrogen (secondary N) is 2. The highest BCUT2D eigenvalue weighted by molar-refractivity contribution is 7.90. The first-order valence-corrected chi connectivity index (χ1v) is 7.90. The lowest BCUT2D eigenvalue weighted by atomic mass is 9.98. The summed E-state index contributed by atoms with van der Waals surface area (Å²) in [6.45, 7) is 2.71. The van der Waals surface area contributed by atoms with Gasteiger partial charge in [-0.25, -0.2) is 0 Å². The molecule has 0 aliphatic carbocycles. The second-order valence-corrected chi connectivity index (χ2v) is 6.19. The van der Waals surface area contributed by atoms with Gasteiger partial charge < -0.3 is 4.74 Å². The van der Waals surface area contributed by atoms with Crippen molar-refractivity contribution < 1.29 is 17.9 Å². The van der Waals surface area contributed by atoms with Crippen LogP contribution in [0.4, 0.5) is 5.69 Å². The fraction of sp³-hybridized carbons (Fsp3) is 0.636. The molecule has 9 heteroatoms. The van der Waals surface area contributed by atoms with Crippen molar-refractivity contribution in [3.8, 4) is 0 Å². The largest absolute Gasteiger partial charge is 0.466 e. The molecule has 0 radical (unpaired) electrons. The fourth-order valence-electron chi connectivity index (χ4n) is 2.11. The predicted molar refractivity (Wildman–Crippen MR) is 72.1 cm³/mol. The summed E-state index contributed by atoms with van der Waals surface area (Å²) in [6.07, 6.45) is 3.81. The van der Waals surface area contributed by atoms with Crippen molar-refractivity contribution in [3.63, 3.8) is 0 Å². The van der Waals surface area contributed by atoms with E-state index in [1.165, 1.54) is 16.7 Å². The van der Waals surface area contributed by atoms with E-state index in [9.17, 15) is 13.2 Å². The highest BCUT2D eigenvalue weighted by Crippen LogP contribution is 2.21. The molecule has 0 saturated carbocycles. The van der Waals surface area contributed by atoms with Crippen LogP contribution in [0.15, 0.2) is 12.4 Å². The van der Waals surface area contributed by atoms with Crippen LogP contribution in [-0.4, -0.2) is 48.6 Å². The zero-order valence-electron chi connectivity index (χ0n) is 11.2. The maximum atomic E-state index is 12.1. The minimum atomic E-state index is -3.60. The molecule has 2 rings (SSSR count). The van der Waals surface area contributed by atoms with Crippen LogP contribution in [0.5, 0.6) is 0 Å². The van der Waals surface area contributed by atoms with Gasteiger partial charge in [-0.05, 0) is 19.8 Å². The van der Waals surface area contributed by atoms with Crippen LogP contribution in [0, 0.1) is 5.92 Å². The molecule has 1 aromatic rings. The zero-order chi connectivity index (χ0) is 14.6. The summed E-state index contributed by atoms with van der Waals surface area (Å²) >= 11 is 0. The number of nitrogens with zero attached hydrogens (tertiary/aromatic N) is 2. The lowest BCUT2D eigenvalue weighted by Crippen LogP contribution is -2.43. The van der Waals surface area contributed by atoms with E-state index in [1.807, 2.05) is 0 Å². The smallest absolute Gasteiger partial charge is 0.309 e. The molecule has 112 valence electrons. The fourth-order valence-corrected chi connectivity index (χ4v) is 3.34. The second-order valence-electron chi connectivity index (χ2n) is 4.52. The van der Waals surface area contributed by atoms with Gasteiger partial charge in [0.05, 0.1) is 24.4 Å². The van der Waals surface area contributed by atoms with Gasteiger partial charge in [0, 0.05) is 19.3 Å². The Hall–Kier alpha value is -1.61. The third-order valence-electron chi connectivity index (χ3n) is 3.16. The number of anilines is 1. The molecule has 1 aromatic heterocycles. The number of rotatable bonds is 5. The number of carbonyl (C=O) groups excluding carboxylic acids is 1. The Balaban J connectivity index is 1.91. The first-order chi connectivity index (χ1) is 9.53. The van der Waals surface area contributed by atoms with E-state index in [-0.39, 0.29) is 11.9 Å². The van der Waals surface area contributed by atoms with E-state index in [0.717, 1.165) is 0 Å². The molecular weight excluding hydrogens is 284 g/mol. The van der Waals surface area contributed by atoms with Crippen LogP contribution in [0.25, 0.3) is 0 Å². The monoisotopic (exact) mass is 302 g/mol. The van der Waals surface area contributed by atoms with Crippen LogP contribution >= 0.6 is 0 Å². The summed E-state index contributed by atoms with van der Waals surface area (Å²) in [5.41, 5.74) is 0.387. The highest BCUT2D eigenvalue weighted by Gasteiger charge is 2.31. The molecule has 0 amide bonds. The van der Waals surface area contributed by atoms with Crippen molar-refractivity contribution in [2.24, 2.45) is 5.92 Å². The number of aromatic amines is 1. The average molecular weight is 302 g/mol. The van der Waals surface area contributed by atoms with Gasteiger partial charge in [0.2, 0.25) is 0 Å². The Kier molecular flexibility index (Phi) is 4.61. The lowest BCUT2D eigenvalue weighted by Gasteiger charge is -2.29. The SMILES string of the molecule is CCOC(=O)C1CCN(S(=O)(=O)Nc2cn[nH]c2)CC1. The summed E-state index contributed by atoms with van der Waals surface area (Å²) in [5.74, 6) is -0.456. The number of H-pyrrole nitrogens is 1. The maximum Gasteiger partial charge on any atom is 0.309 e. The standard InChI is InChI=1S/C11H18N4O4S/c1-2-19-11(16)9-3-5-15(6-4-9)20(17,18)14-10-7-12-13-8-10/h7-9,14H,2-6H2,1H3,(H,12,13). The molecule has 0 aromatic carbocycles. The Bertz CT molecular complexity index is 535. The van der Waals surface area contributed by atoms with Gasteiger partial charge in [-0.1, -0.05) is 0 Å². The van der Waals surface area contributed by atoms with Crippen molar-refractivity contribution in [3.05, 3.63) is 12.4 Å². The van der Waals surface area contributed by atoms with Crippen LogP contribution in [0.1, 0.15) is 19.8 Å². The van der Waals surface area contributed by atoms with E-state index in [4.69, 9.17) is 4.74 Å². The Morgan fingerprint density at radius 1 is 1.55 bits per heavy atom. The van der Waals surface area contributed by atoms with Gasteiger partial charge in [-0.3, -0.25) is 14.6 Å². The van der Waals surface area contributed by atoms with Crippen LogP contribution in [-0.2, 0) is 19.7 Å². The normalized spacial score (nSPS) is 17.9.